The standard InChI is InChI=1S/C9H12N2O2/c1-11-8(6-7-10-11)4-3-5-9(12)13-2/h3-4,6-7H,5H2,1-2H3. The van der Waals surface area contributed by atoms with Crippen LogP contribution >= 0.6 is 0 Å². The van der Waals surface area contributed by atoms with E-state index in [4.69, 9.17) is 0 Å². The van der Waals surface area contributed by atoms with Gasteiger partial charge in [0.25, 0.3) is 0 Å². The van der Waals surface area contributed by atoms with Gasteiger partial charge in [0, 0.05) is 13.2 Å². The Kier molecular flexibility index (Phi) is 3.25. The first-order chi connectivity index (χ1) is 6.24. The normalized spacial score (nSPS) is 10.6. The maximum absolute atomic E-state index is 10.7. The average Bonchev–Trinajstić information content (AvgIpc) is 2.52. The van der Waals surface area contributed by atoms with E-state index in [1.54, 1.807) is 17.0 Å². The number of hydrogen-bond acceptors (Lipinski definition) is 3. The first kappa shape index (κ1) is 9.51. The molecule has 1 rings (SSSR count). The van der Waals surface area contributed by atoms with Crippen molar-refractivity contribution in [3.8, 4) is 0 Å². The molecule has 0 aromatic carbocycles. The number of methoxy groups -OCH3 is 1. The Labute approximate surface area is 76.8 Å². The molecule has 0 unspecified atom stereocenters. The molecule has 13 heavy (non-hydrogen) atoms. The lowest BCUT2D eigenvalue weighted by Crippen LogP contribution is -1.97. The fraction of sp³-hybridized carbons (Fsp3) is 0.333. The van der Waals surface area contributed by atoms with Crippen molar-refractivity contribution in [2.24, 2.45) is 7.05 Å². The molecule has 0 N–H and O–H groups in total. The zero-order chi connectivity index (χ0) is 9.68. The monoisotopic (exact) mass is 180 g/mol. The van der Waals surface area contributed by atoms with Gasteiger partial charge in [-0.1, -0.05) is 6.08 Å². The maximum Gasteiger partial charge on any atom is 0.309 e. The van der Waals surface area contributed by atoms with Crippen molar-refractivity contribution in [1.82, 2.24) is 9.78 Å². The molecule has 70 valence electrons. The van der Waals surface area contributed by atoms with Gasteiger partial charge in [0.15, 0.2) is 0 Å². The van der Waals surface area contributed by atoms with Crippen LogP contribution in [0, 0.1) is 0 Å². The van der Waals surface area contributed by atoms with Crippen molar-refractivity contribution < 1.29 is 9.53 Å². The Hall–Kier alpha value is -1.58. The third-order valence-electron chi connectivity index (χ3n) is 1.66. The number of nitrogens with zero attached hydrogens (tertiary/aromatic N) is 2. The molecule has 0 aliphatic heterocycles. The molecular weight excluding hydrogens is 168 g/mol. The third-order valence-corrected chi connectivity index (χ3v) is 1.66. The zero-order valence-corrected chi connectivity index (χ0v) is 7.73. The van der Waals surface area contributed by atoms with E-state index in [0.29, 0.717) is 6.42 Å². The fourth-order valence-corrected chi connectivity index (χ4v) is 0.907. The van der Waals surface area contributed by atoms with Crippen LogP contribution in [0.2, 0.25) is 0 Å². The van der Waals surface area contributed by atoms with Gasteiger partial charge in [0.2, 0.25) is 0 Å². The van der Waals surface area contributed by atoms with E-state index >= 15 is 0 Å². The molecule has 1 aromatic heterocycles. The van der Waals surface area contributed by atoms with Crippen molar-refractivity contribution in [3.63, 3.8) is 0 Å². The van der Waals surface area contributed by atoms with Crippen LogP contribution in [-0.2, 0) is 16.6 Å². The Morgan fingerprint density at radius 2 is 2.54 bits per heavy atom. The van der Waals surface area contributed by atoms with Crippen molar-refractivity contribution in [3.05, 3.63) is 24.0 Å². The summed E-state index contributed by atoms with van der Waals surface area (Å²) in [7, 11) is 3.22. The van der Waals surface area contributed by atoms with Crippen molar-refractivity contribution in [2.75, 3.05) is 7.11 Å². The van der Waals surface area contributed by atoms with Crippen LogP contribution in [0.4, 0.5) is 0 Å². The van der Waals surface area contributed by atoms with Gasteiger partial charge >= 0.3 is 5.97 Å². The molecule has 4 heteroatoms. The zero-order valence-electron chi connectivity index (χ0n) is 7.73. The summed E-state index contributed by atoms with van der Waals surface area (Å²) in [6.45, 7) is 0. The summed E-state index contributed by atoms with van der Waals surface area (Å²) < 4.78 is 6.22. The van der Waals surface area contributed by atoms with E-state index < -0.39 is 0 Å². The number of esters is 1. The van der Waals surface area contributed by atoms with Crippen LogP contribution in [0.1, 0.15) is 12.1 Å². The van der Waals surface area contributed by atoms with Gasteiger partial charge in [-0.25, -0.2) is 0 Å². The summed E-state index contributed by atoms with van der Waals surface area (Å²) in [6.07, 6.45) is 5.59. The fourth-order valence-electron chi connectivity index (χ4n) is 0.907. The molecule has 4 nitrogen and oxygen atoms in total. The van der Waals surface area contributed by atoms with E-state index in [2.05, 4.69) is 9.84 Å². The van der Waals surface area contributed by atoms with Gasteiger partial charge in [0.1, 0.15) is 0 Å². The summed E-state index contributed by atoms with van der Waals surface area (Å²) in [5.41, 5.74) is 0.962. The molecule has 0 amide bonds. The van der Waals surface area contributed by atoms with E-state index in [9.17, 15) is 4.79 Å². The largest absolute Gasteiger partial charge is 0.469 e. The number of carbonyl (C=O) groups is 1. The molecule has 0 fully saturated rings. The molecule has 0 aliphatic rings. The van der Waals surface area contributed by atoms with E-state index in [-0.39, 0.29) is 5.97 Å². The highest BCUT2D eigenvalue weighted by Gasteiger charge is 1.95. The lowest BCUT2D eigenvalue weighted by atomic mass is 10.3. The van der Waals surface area contributed by atoms with E-state index in [1.165, 1.54) is 7.11 Å². The van der Waals surface area contributed by atoms with Crippen molar-refractivity contribution in [2.45, 2.75) is 6.42 Å². The van der Waals surface area contributed by atoms with Gasteiger partial charge in [-0.2, -0.15) is 5.10 Å². The lowest BCUT2D eigenvalue weighted by Gasteiger charge is -1.94. The Bertz CT molecular complexity index is 315. The highest BCUT2D eigenvalue weighted by Crippen LogP contribution is 2.00. The smallest absolute Gasteiger partial charge is 0.309 e. The molecule has 0 saturated carbocycles. The molecule has 1 aromatic rings. The second kappa shape index (κ2) is 4.45. The molecule has 0 aliphatic carbocycles. The molecule has 0 saturated heterocycles. The van der Waals surface area contributed by atoms with Crippen molar-refractivity contribution >= 4 is 12.0 Å². The Balaban J connectivity index is 2.50. The summed E-state index contributed by atoms with van der Waals surface area (Å²) in [6, 6.07) is 1.87. The minimum atomic E-state index is -0.238. The van der Waals surface area contributed by atoms with Crippen LogP contribution in [-0.4, -0.2) is 22.9 Å². The highest BCUT2D eigenvalue weighted by atomic mass is 16.5. The van der Waals surface area contributed by atoms with E-state index in [0.717, 1.165) is 5.69 Å². The molecule has 0 spiro atoms. The Morgan fingerprint density at radius 1 is 1.77 bits per heavy atom. The molecule has 0 bridgehead atoms. The predicted molar refractivity (Wildman–Crippen MR) is 48.9 cm³/mol. The SMILES string of the molecule is COC(=O)CC=Cc1ccnn1C. The topological polar surface area (TPSA) is 44.1 Å². The van der Waals surface area contributed by atoms with Crippen LogP contribution in [0.25, 0.3) is 6.08 Å². The molecule has 0 radical (unpaired) electrons. The van der Waals surface area contributed by atoms with Gasteiger partial charge < -0.3 is 4.74 Å². The maximum atomic E-state index is 10.7. The average molecular weight is 180 g/mol. The molecule has 0 atom stereocenters. The second-order valence-electron chi connectivity index (χ2n) is 2.56. The van der Waals surface area contributed by atoms with Crippen LogP contribution in [0.3, 0.4) is 0 Å². The minimum absolute atomic E-state index is 0.238. The summed E-state index contributed by atoms with van der Waals surface area (Å²) in [5.74, 6) is -0.238. The third kappa shape index (κ3) is 2.74. The summed E-state index contributed by atoms with van der Waals surface area (Å²) in [5, 5.41) is 3.98. The highest BCUT2D eigenvalue weighted by molar-refractivity contribution is 5.72. The van der Waals surface area contributed by atoms with E-state index in [1.807, 2.05) is 19.2 Å². The van der Waals surface area contributed by atoms with Gasteiger partial charge in [-0.3, -0.25) is 9.48 Å². The second-order valence-corrected chi connectivity index (χ2v) is 2.56. The molecule has 1 heterocycles. The van der Waals surface area contributed by atoms with Crippen molar-refractivity contribution in [1.29, 1.82) is 0 Å². The summed E-state index contributed by atoms with van der Waals surface area (Å²) in [4.78, 5) is 10.7. The number of hydrogen-bond donors (Lipinski definition) is 0. The van der Waals surface area contributed by atoms with Crippen LogP contribution < -0.4 is 0 Å². The van der Waals surface area contributed by atoms with Gasteiger partial charge in [-0.15, -0.1) is 0 Å². The minimum Gasteiger partial charge on any atom is -0.469 e. The first-order valence-corrected chi connectivity index (χ1v) is 3.95. The number of aromatic nitrogens is 2. The van der Waals surface area contributed by atoms with Gasteiger partial charge in [-0.05, 0) is 12.1 Å². The van der Waals surface area contributed by atoms with Gasteiger partial charge in [0.05, 0.1) is 19.2 Å². The Morgan fingerprint density at radius 3 is 3.08 bits per heavy atom. The van der Waals surface area contributed by atoms with Crippen LogP contribution in [0.5, 0.6) is 0 Å². The summed E-state index contributed by atoms with van der Waals surface area (Å²) >= 11 is 0. The quantitative estimate of drug-likeness (QED) is 0.652. The molecular formula is C9H12N2O2. The first-order valence-electron chi connectivity index (χ1n) is 3.95. The van der Waals surface area contributed by atoms with Crippen LogP contribution in [0.15, 0.2) is 18.3 Å². The number of ether oxygens (including phenoxy) is 1. The predicted octanol–water partition coefficient (Wildman–Crippen LogP) is 0.996. The number of aryl methyl sites for hydroxylation is 1. The lowest BCUT2D eigenvalue weighted by molar-refractivity contribution is -0.139. The number of carbonyl (C=O) groups excluding carboxylic acids is 1. The number of rotatable bonds is 3.